The van der Waals surface area contributed by atoms with Gasteiger partial charge < -0.3 is 4.74 Å². The summed E-state index contributed by atoms with van der Waals surface area (Å²) >= 11 is 0. The summed E-state index contributed by atoms with van der Waals surface area (Å²) in [4.78, 5) is 0. The summed E-state index contributed by atoms with van der Waals surface area (Å²) in [6.07, 6.45) is 0. The molecule has 3 nitrogen and oxygen atoms in total. The molecule has 3 rings (SSSR count). The van der Waals surface area contributed by atoms with Crippen LogP contribution in [0.5, 0.6) is 5.75 Å². The van der Waals surface area contributed by atoms with Gasteiger partial charge in [-0.2, -0.15) is 10.5 Å². The van der Waals surface area contributed by atoms with Gasteiger partial charge in [0.25, 0.3) is 0 Å². The third-order valence-electron chi connectivity index (χ3n) is 4.99. The maximum atomic E-state index is 9.14. The predicted molar refractivity (Wildman–Crippen MR) is 116 cm³/mol. The van der Waals surface area contributed by atoms with E-state index in [2.05, 4.69) is 45.0 Å². The molecule has 0 saturated heterocycles. The zero-order chi connectivity index (χ0) is 21.0. The van der Waals surface area contributed by atoms with Crippen LogP contribution >= 0.6 is 0 Å². The Balaban J connectivity index is 2.39. The van der Waals surface area contributed by atoms with Crippen LogP contribution in [0.1, 0.15) is 27.8 Å². The highest BCUT2D eigenvalue weighted by Crippen LogP contribution is 2.29. The summed E-state index contributed by atoms with van der Waals surface area (Å²) in [7, 11) is 1.66. The van der Waals surface area contributed by atoms with E-state index in [0.717, 1.165) is 22.1 Å². The monoisotopic (exact) mass is 378 g/mol. The number of ether oxygens (including phenoxy) is 1. The van der Waals surface area contributed by atoms with Crippen molar-refractivity contribution in [1.82, 2.24) is 0 Å². The van der Waals surface area contributed by atoms with E-state index in [1.807, 2.05) is 48.5 Å². The van der Waals surface area contributed by atoms with Gasteiger partial charge in [0.15, 0.2) is 0 Å². The molecule has 0 radical (unpaired) electrons. The number of methoxy groups -OCH3 is 1. The molecular weight excluding hydrogens is 356 g/mol. The summed E-state index contributed by atoms with van der Waals surface area (Å²) in [5, 5.41) is 19.9. The van der Waals surface area contributed by atoms with E-state index in [-0.39, 0.29) is 5.57 Å². The molecule has 0 spiro atoms. The Morgan fingerprint density at radius 3 is 1.76 bits per heavy atom. The second-order valence-corrected chi connectivity index (χ2v) is 7.05. The third-order valence-corrected chi connectivity index (χ3v) is 4.99. The molecule has 3 heteroatoms. The number of benzene rings is 3. The molecule has 0 saturated carbocycles. The molecule has 0 atom stereocenters. The van der Waals surface area contributed by atoms with Gasteiger partial charge in [-0.3, -0.25) is 0 Å². The number of hydrogen-bond donors (Lipinski definition) is 0. The van der Waals surface area contributed by atoms with E-state index in [4.69, 9.17) is 15.3 Å². The van der Waals surface area contributed by atoms with Gasteiger partial charge in [-0.15, -0.1) is 0 Å². The van der Waals surface area contributed by atoms with E-state index in [1.54, 1.807) is 7.11 Å². The average Bonchev–Trinajstić information content (AvgIpc) is 2.72. The van der Waals surface area contributed by atoms with Crippen molar-refractivity contribution in [2.24, 2.45) is 0 Å². The Bertz CT molecular complexity index is 1210. The number of nitrogens with zero attached hydrogens (tertiary/aromatic N) is 2. The average molecular weight is 378 g/mol. The Hall–Kier alpha value is -3.82. The number of aryl methyl sites for hydroxylation is 3. The molecular formula is C26H22N2O. The van der Waals surface area contributed by atoms with Crippen LogP contribution in [0, 0.1) is 43.4 Å². The minimum atomic E-state index is 0.116. The second-order valence-electron chi connectivity index (χ2n) is 7.05. The highest BCUT2D eigenvalue weighted by Gasteiger charge is 2.13. The lowest BCUT2D eigenvalue weighted by Gasteiger charge is -2.16. The van der Waals surface area contributed by atoms with Crippen molar-refractivity contribution in [3.8, 4) is 17.9 Å². The first-order valence-electron chi connectivity index (χ1n) is 9.36. The molecule has 3 aromatic rings. The van der Waals surface area contributed by atoms with E-state index < -0.39 is 0 Å². The molecule has 0 aliphatic carbocycles. The highest BCUT2D eigenvalue weighted by atomic mass is 16.5. The third kappa shape index (κ3) is 4.05. The molecule has 0 aromatic heterocycles. The summed E-state index contributed by atoms with van der Waals surface area (Å²) < 4.78 is 5.32. The van der Waals surface area contributed by atoms with Crippen molar-refractivity contribution in [3.63, 3.8) is 0 Å². The zero-order valence-corrected chi connectivity index (χ0v) is 17.1. The first kappa shape index (κ1) is 19.9. The van der Waals surface area contributed by atoms with Crippen LogP contribution in [-0.2, 0) is 0 Å². The molecule has 0 fully saturated rings. The molecule has 142 valence electrons. The molecule has 0 aliphatic rings. The van der Waals surface area contributed by atoms with Gasteiger partial charge in [-0.05, 0) is 65.9 Å². The summed E-state index contributed by atoms with van der Waals surface area (Å²) in [6, 6.07) is 23.9. The molecule has 0 amide bonds. The fourth-order valence-corrected chi connectivity index (χ4v) is 3.75. The van der Waals surface area contributed by atoms with Crippen molar-refractivity contribution in [2.75, 3.05) is 7.11 Å². The van der Waals surface area contributed by atoms with Crippen LogP contribution < -0.4 is 15.2 Å². The molecule has 0 N–H and O–H groups in total. The largest absolute Gasteiger partial charge is 0.497 e. The van der Waals surface area contributed by atoms with Gasteiger partial charge in [-0.1, -0.05) is 54.1 Å². The van der Waals surface area contributed by atoms with E-state index in [1.165, 1.54) is 22.3 Å². The van der Waals surface area contributed by atoms with Crippen molar-refractivity contribution >= 4 is 11.1 Å². The van der Waals surface area contributed by atoms with Crippen LogP contribution in [0.4, 0.5) is 0 Å². The van der Waals surface area contributed by atoms with Crippen LogP contribution in [0.25, 0.3) is 11.1 Å². The first-order chi connectivity index (χ1) is 14.0. The van der Waals surface area contributed by atoms with Gasteiger partial charge in [0, 0.05) is 5.22 Å². The smallest absolute Gasteiger partial charge is 0.136 e. The van der Waals surface area contributed by atoms with Gasteiger partial charge in [0.05, 0.1) is 7.11 Å². The Labute approximate surface area is 171 Å². The number of rotatable bonds is 3. The summed E-state index contributed by atoms with van der Waals surface area (Å²) in [5.41, 5.74) is 7.15. The summed E-state index contributed by atoms with van der Waals surface area (Å²) in [5.74, 6) is 0.808. The van der Waals surface area contributed by atoms with E-state index in [0.29, 0.717) is 5.22 Å². The van der Waals surface area contributed by atoms with Gasteiger partial charge in [-0.25, -0.2) is 0 Å². The minimum Gasteiger partial charge on any atom is -0.497 e. The minimum absolute atomic E-state index is 0.116. The van der Waals surface area contributed by atoms with Crippen LogP contribution in [0.2, 0.25) is 0 Å². The molecule has 0 bridgehead atoms. The Morgan fingerprint density at radius 1 is 0.759 bits per heavy atom. The Morgan fingerprint density at radius 2 is 1.28 bits per heavy atom. The van der Waals surface area contributed by atoms with Gasteiger partial charge >= 0.3 is 0 Å². The highest BCUT2D eigenvalue weighted by molar-refractivity contribution is 5.83. The molecule has 0 unspecified atom stereocenters. The molecule has 3 aromatic carbocycles. The maximum absolute atomic E-state index is 9.14. The van der Waals surface area contributed by atoms with Crippen LogP contribution in [0.3, 0.4) is 0 Å². The fraction of sp³-hybridized carbons (Fsp3) is 0.154. The van der Waals surface area contributed by atoms with Crippen molar-refractivity contribution < 1.29 is 4.74 Å². The fourth-order valence-electron chi connectivity index (χ4n) is 3.75. The lowest BCUT2D eigenvalue weighted by molar-refractivity contribution is 0.415. The maximum Gasteiger partial charge on any atom is 0.136 e. The lowest BCUT2D eigenvalue weighted by Crippen LogP contribution is -2.14. The van der Waals surface area contributed by atoms with E-state index >= 15 is 0 Å². The second kappa shape index (κ2) is 8.46. The van der Waals surface area contributed by atoms with E-state index in [9.17, 15) is 0 Å². The first-order valence-corrected chi connectivity index (χ1v) is 9.36. The quantitative estimate of drug-likeness (QED) is 0.690. The van der Waals surface area contributed by atoms with Crippen LogP contribution in [-0.4, -0.2) is 7.11 Å². The SMILES string of the molecule is COc1ccc(C(c2c(C)cc(C)cc2C)=c2ccc(=C(C#N)C#N)cc2)cc1. The normalized spacial score (nSPS) is 10.0. The molecule has 0 heterocycles. The van der Waals surface area contributed by atoms with Gasteiger partial charge in [0.2, 0.25) is 0 Å². The zero-order valence-electron chi connectivity index (χ0n) is 17.1. The molecule has 0 aliphatic heterocycles. The summed E-state index contributed by atoms with van der Waals surface area (Å²) in [6.45, 7) is 6.36. The van der Waals surface area contributed by atoms with Crippen molar-refractivity contribution in [2.45, 2.75) is 20.8 Å². The Kier molecular flexibility index (Phi) is 5.82. The van der Waals surface area contributed by atoms with Crippen molar-refractivity contribution in [3.05, 3.63) is 98.9 Å². The molecule has 29 heavy (non-hydrogen) atoms. The number of hydrogen-bond acceptors (Lipinski definition) is 3. The van der Waals surface area contributed by atoms with Gasteiger partial charge in [0.1, 0.15) is 23.5 Å². The standard InChI is InChI=1S/C26H22N2O/c1-17-13-18(2)25(19(3)14-17)26(22-9-11-24(29-4)12-10-22)21-7-5-20(6-8-21)23(15-27)16-28/h5-14H,1-4H3. The van der Waals surface area contributed by atoms with Crippen molar-refractivity contribution in [1.29, 1.82) is 10.5 Å². The predicted octanol–water partition coefficient (Wildman–Crippen LogP) is 4.07. The van der Waals surface area contributed by atoms with Crippen LogP contribution in [0.15, 0.2) is 60.7 Å². The number of nitriles is 2. The lowest BCUT2D eigenvalue weighted by atomic mass is 9.88. The topological polar surface area (TPSA) is 56.8 Å².